The zero-order valence-corrected chi connectivity index (χ0v) is 15.2. The fourth-order valence-corrected chi connectivity index (χ4v) is 3.06. The van der Waals surface area contributed by atoms with Crippen LogP contribution < -0.4 is 5.32 Å². The van der Waals surface area contributed by atoms with Crippen LogP contribution >= 0.6 is 0 Å². The number of aromatic amines is 1. The lowest BCUT2D eigenvalue weighted by Gasteiger charge is -2.04. The van der Waals surface area contributed by atoms with Crippen LogP contribution in [0.15, 0.2) is 65.1 Å². The Bertz CT molecular complexity index is 1060. The molecule has 4 aromatic rings. The molecule has 0 unspecified atom stereocenters. The molecule has 5 nitrogen and oxygen atoms in total. The Hall–Kier alpha value is -3.34. The summed E-state index contributed by atoms with van der Waals surface area (Å²) < 4.78 is 5.46. The van der Waals surface area contributed by atoms with Crippen LogP contribution in [-0.4, -0.2) is 15.9 Å². The highest BCUT2D eigenvalue weighted by Gasteiger charge is 2.08. The molecule has 5 heteroatoms. The molecule has 0 saturated heterocycles. The van der Waals surface area contributed by atoms with E-state index in [0.29, 0.717) is 19.4 Å². The Kier molecular flexibility index (Phi) is 4.75. The molecule has 0 aliphatic carbocycles. The van der Waals surface area contributed by atoms with Crippen molar-refractivity contribution in [3.8, 4) is 11.4 Å². The van der Waals surface area contributed by atoms with E-state index < -0.39 is 0 Å². The minimum atomic E-state index is 0.0127. The van der Waals surface area contributed by atoms with Crippen molar-refractivity contribution < 1.29 is 9.21 Å². The van der Waals surface area contributed by atoms with Crippen LogP contribution in [0.25, 0.3) is 22.4 Å². The summed E-state index contributed by atoms with van der Waals surface area (Å²) in [6.07, 6.45) is 1.11. The largest absolute Gasteiger partial charge is 0.465 e. The SMILES string of the molecule is Cc1ccc(CNC(=O)CCc2ccc3nc(-c4ccccc4)[nH]c3c2)o1. The third-order valence-electron chi connectivity index (χ3n) is 4.49. The number of H-pyrrole nitrogens is 1. The lowest BCUT2D eigenvalue weighted by molar-refractivity contribution is -0.121. The fraction of sp³-hybridized carbons (Fsp3) is 0.182. The number of benzene rings is 2. The summed E-state index contributed by atoms with van der Waals surface area (Å²) >= 11 is 0. The second-order valence-electron chi connectivity index (χ2n) is 6.59. The van der Waals surface area contributed by atoms with Gasteiger partial charge in [0, 0.05) is 12.0 Å². The molecule has 0 atom stereocenters. The van der Waals surface area contributed by atoms with E-state index in [1.54, 1.807) is 0 Å². The Labute approximate surface area is 157 Å². The van der Waals surface area contributed by atoms with Gasteiger partial charge in [0.15, 0.2) is 0 Å². The molecule has 0 bridgehead atoms. The van der Waals surface area contributed by atoms with Crippen LogP contribution in [0.5, 0.6) is 0 Å². The number of aryl methyl sites for hydroxylation is 2. The van der Waals surface area contributed by atoms with Gasteiger partial charge in [0.25, 0.3) is 0 Å². The molecule has 0 radical (unpaired) electrons. The summed E-state index contributed by atoms with van der Waals surface area (Å²) in [6.45, 7) is 2.31. The van der Waals surface area contributed by atoms with Crippen molar-refractivity contribution in [1.29, 1.82) is 0 Å². The van der Waals surface area contributed by atoms with Crippen molar-refractivity contribution >= 4 is 16.9 Å². The minimum Gasteiger partial charge on any atom is -0.465 e. The molecule has 1 amide bonds. The van der Waals surface area contributed by atoms with Crippen molar-refractivity contribution in [2.45, 2.75) is 26.3 Å². The fourth-order valence-electron chi connectivity index (χ4n) is 3.06. The molecule has 2 aromatic heterocycles. The number of rotatable bonds is 6. The maximum absolute atomic E-state index is 12.1. The van der Waals surface area contributed by atoms with Gasteiger partial charge in [-0.2, -0.15) is 0 Å². The quantitative estimate of drug-likeness (QED) is 0.537. The summed E-state index contributed by atoms with van der Waals surface area (Å²) in [4.78, 5) is 20.1. The van der Waals surface area contributed by atoms with Crippen LogP contribution in [0.2, 0.25) is 0 Å². The van der Waals surface area contributed by atoms with Gasteiger partial charge in [0.2, 0.25) is 5.91 Å². The van der Waals surface area contributed by atoms with E-state index in [1.807, 2.05) is 61.5 Å². The number of fused-ring (bicyclic) bond motifs is 1. The van der Waals surface area contributed by atoms with Crippen LogP contribution in [0.4, 0.5) is 0 Å². The molecule has 2 N–H and O–H groups in total. The molecule has 2 heterocycles. The van der Waals surface area contributed by atoms with Gasteiger partial charge in [-0.25, -0.2) is 4.98 Å². The molecule has 136 valence electrons. The summed E-state index contributed by atoms with van der Waals surface area (Å²) in [5, 5.41) is 2.89. The number of nitrogens with one attached hydrogen (secondary N) is 2. The highest BCUT2D eigenvalue weighted by molar-refractivity contribution is 5.80. The molecular formula is C22H21N3O2. The standard InChI is InChI=1S/C22H21N3O2/c1-15-7-10-18(27-15)14-23-21(26)12-9-16-8-11-19-20(13-16)25-22(24-19)17-5-3-2-4-6-17/h2-8,10-11,13H,9,12,14H2,1H3,(H,23,26)(H,24,25). The van der Waals surface area contributed by atoms with E-state index in [-0.39, 0.29) is 5.91 Å². The Morgan fingerprint density at radius 3 is 2.74 bits per heavy atom. The predicted molar refractivity (Wildman–Crippen MR) is 105 cm³/mol. The third kappa shape index (κ3) is 4.08. The lowest BCUT2D eigenvalue weighted by atomic mass is 10.1. The first-order valence-electron chi connectivity index (χ1n) is 9.03. The van der Waals surface area contributed by atoms with E-state index in [9.17, 15) is 4.79 Å². The number of nitrogens with zero attached hydrogens (tertiary/aromatic N) is 1. The van der Waals surface area contributed by atoms with Crippen molar-refractivity contribution in [2.24, 2.45) is 0 Å². The zero-order valence-electron chi connectivity index (χ0n) is 15.2. The normalized spacial score (nSPS) is 11.0. The van der Waals surface area contributed by atoms with E-state index in [2.05, 4.69) is 21.4 Å². The first-order chi connectivity index (χ1) is 13.2. The van der Waals surface area contributed by atoms with Gasteiger partial charge in [-0.05, 0) is 43.2 Å². The second kappa shape index (κ2) is 7.50. The van der Waals surface area contributed by atoms with Crippen LogP contribution in [0.1, 0.15) is 23.5 Å². The van der Waals surface area contributed by atoms with Crippen LogP contribution in [0, 0.1) is 6.92 Å². The second-order valence-corrected chi connectivity index (χ2v) is 6.59. The first-order valence-corrected chi connectivity index (χ1v) is 9.03. The molecule has 4 rings (SSSR count). The molecule has 0 aliphatic rings. The number of amides is 1. The van der Waals surface area contributed by atoms with E-state index >= 15 is 0 Å². The lowest BCUT2D eigenvalue weighted by Crippen LogP contribution is -2.22. The smallest absolute Gasteiger partial charge is 0.220 e. The molecular weight excluding hydrogens is 338 g/mol. The number of carbonyl (C=O) groups excluding carboxylic acids is 1. The monoisotopic (exact) mass is 359 g/mol. The number of imidazole rings is 1. The van der Waals surface area contributed by atoms with Gasteiger partial charge in [-0.1, -0.05) is 36.4 Å². The maximum atomic E-state index is 12.1. The van der Waals surface area contributed by atoms with Gasteiger partial charge in [0.05, 0.1) is 17.6 Å². The van der Waals surface area contributed by atoms with Crippen molar-refractivity contribution in [1.82, 2.24) is 15.3 Å². The van der Waals surface area contributed by atoms with E-state index in [0.717, 1.165) is 39.5 Å². The summed E-state index contributed by atoms with van der Waals surface area (Å²) in [7, 11) is 0. The number of hydrogen-bond donors (Lipinski definition) is 2. The Morgan fingerprint density at radius 1 is 1.11 bits per heavy atom. The third-order valence-corrected chi connectivity index (χ3v) is 4.49. The van der Waals surface area contributed by atoms with Crippen molar-refractivity contribution in [3.63, 3.8) is 0 Å². The Morgan fingerprint density at radius 2 is 1.96 bits per heavy atom. The highest BCUT2D eigenvalue weighted by atomic mass is 16.3. The zero-order chi connectivity index (χ0) is 18.6. The predicted octanol–water partition coefficient (Wildman–Crippen LogP) is 4.38. The minimum absolute atomic E-state index is 0.0127. The van der Waals surface area contributed by atoms with Gasteiger partial charge in [0.1, 0.15) is 17.3 Å². The van der Waals surface area contributed by atoms with Gasteiger partial charge < -0.3 is 14.7 Å². The first kappa shape index (κ1) is 17.1. The molecule has 2 aromatic carbocycles. The maximum Gasteiger partial charge on any atom is 0.220 e. The van der Waals surface area contributed by atoms with Crippen molar-refractivity contribution in [2.75, 3.05) is 0 Å². The van der Waals surface area contributed by atoms with Gasteiger partial charge in [-0.15, -0.1) is 0 Å². The molecule has 0 aliphatic heterocycles. The highest BCUT2D eigenvalue weighted by Crippen LogP contribution is 2.21. The average molecular weight is 359 g/mol. The van der Waals surface area contributed by atoms with Crippen molar-refractivity contribution in [3.05, 3.63) is 77.7 Å². The van der Waals surface area contributed by atoms with E-state index in [4.69, 9.17) is 4.42 Å². The topological polar surface area (TPSA) is 70.9 Å². The van der Waals surface area contributed by atoms with Gasteiger partial charge >= 0.3 is 0 Å². The van der Waals surface area contributed by atoms with Gasteiger partial charge in [-0.3, -0.25) is 4.79 Å². The molecule has 0 spiro atoms. The number of aromatic nitrogens is 2. The molecule has 0 fully saturated rings. The van der Waals surface area contributed by atoms with Crippen LogP contribution in [0.3, 0.4) is 0 Å². The Balaban J connectivity index is 1.38. The number of carbonyl (C=O) groups is 1. The summed E-state index contributed by atoms with van der Waals surface area (Å²) in [6, 6.07) is 19.9. The van der Waals surface area contributed by atoms with E-state index in [1.165, 1.54) is 0 Å². The summed E-state index contributed by atoms with van der Waals surface area (Å²) in [5.41, 5.74) is 4.07. The van der Waals surface area contributed by atoms with Crippen LogP contribution in [-0.2, 0) is 17.8 Å². The number of furan rings is 1. The average Bonchev–Trinajstić information content (AvgIpc) is 3.31. The summed E-state index contributed by atoms with van der Waals surface area (Å²) in [5.74, 6) is 2.49. The molecule has 0 saturated carbocycles. The number of hydrogen-bond acceptors (Lipinski definition) is 3. The molecule has 27 heavy (non-hydrogen) atoms.